The van der Waals surface area contributed by atoms with Crippen LogP contribution in [0.2, 0.25) is 0 Å². The maximum Gasteiger partial charge on any atom is 0.294 e. The van der Waals surface area contributed by atoms with E-state index in [4.69, 9.17) is 4.55 Å². The van der Waals surface area contributed by atoms with Crippen LogP contribution in [0.4, 0.5) is 0 Å². The molecule has 0 radical (unpaired) electrons. The Hall–Kier alpha value is -0.580. The van der Waals surface area contributed by atoms with Gasteiger partial charge in [0.25, 0.3) is 10.1 Å². The van der Waals surface area contributed by atoms with Gasteiger partial charge in [0.05, 0.1) is 4.90 Å². The molecule has 0 saturated carbocycles. The standard InChI is InChI=1S/C10H14O3S.ClH/c1-3-8(2)9-4-6-10(7-5-9)14(11,12)13;/h4-8H,3H2,1-2H3,(H,11,12,13);1H. The molecule has 1 N–H and O–H groups in total. The summed E-state index contributed by atoms with van der Waals surface area (Å²) in [5.41, 5.74) is 1.08. The van der Waals surface area contributed by atoms with Crippen LogP contribution in [0.1, 0.15) is 31.7 Å². The minimum atomic E-state index is -4.05. The highest BCUT2D eigenvalue weighted by Crippen LogP contribution is 2.20. The fourth-order valence-electron chi connectivity index (χ4n) is 1.20. The van der Waals surface area contributed by atoms with E-state index < -0.39 is 10.1 Å². The molecule has 86 valence electrons. The second-order valence-corrected chi connectivity index (χ2v) is 4.77. The van der Waals surface area contributed by atoms with Crippen molar-refractivity contribution in [2.75, 3.05) is 0 Å². The van der Waals surface area contributed by atoms with Crippen LogP contribution in [0.15, 0.2) is 29.2 Å². The van der Waals surface area contributed by atoms with Crippen LogP contribution in [-0.2, 0) is 10.1 Å². The monoisotopic (exact) mass is 250 g/mol. The van der Waals surface area contributed by atoms with Crippen molar-refractivity contribution < 1.29 is 13.0 Å². The molecule has 0 amide bonds. The number of benzene rings is 1. The molecular formula is C10H15ClO3S. The minimum Gasteiger partial charge on any atom is -0.282 e. The molecule has 0 spiro atoms. The Bertz CT molecular complexity index is 397. The van der Waals surface area contributed by atoms with Crippen LogP contribution in [0, 0.1) is 0 Å². The second-order valence-electron chi connectivity index (χ2n) is 3.35. The zero-order valence-corrected chi connectivity index (χ0v) is 10.3. The predicted molar refractivity (Wildman–Crippen MR) is 62.2 cm³/mol. The normalized spacial score (nSPS) is 13.0. The third-order valence-electron chi connectivity index (χ3n) is 2.36. The third kappa shape index (κ3) is 3.81. The molecule has 1 unspecified atom stereocenters. The molecule has 0 aliphatic rings. The molecule has 5 heteroatoms. The quantitative estimate of drug-likeness (QED) is 0.840. The largest absolute Gasteiger partial charge is 0.294 e. The second kappa shape index (κ2) is 5.49. The van der Waals surface area contributed by atoms with Crippen LogP contribution >= 0.6 is 12.4 Å². The van der Waals surface area contributed by atoms with Gasteiger partial charge in [-0.3, -0.25) is 4.55 Å². The van der Waals surface area contributed by atoms with Crippen LogP contribution in [0.5, 0.6) is 0 Å². The summed E-state index contributed by atoms with van der Waals surface area (Å²) in [5, 5.41) is 0. The Morgan fingerprint density at radius 2 is 1.73 bits per heavy atom. The van der Waals surface area contributed by atoms with Crippen molar-refractivity contribution in [3.05, 3.63) is 29.8 Å². The molecule has 0 bridgehead atoms. The van der Waals surface area contributed by atoms with Gasteiger partial charge < -0.3 is 0 Å². The van der Waals surface area contributed by atoms with Crippen molar-refractivity contribution in [3.8, 4) is 0 Å². The van der Waals surface area contributed by atoms with Crippen molar-refractivity contribution in [1.29, 1.82) is 0 Å². The molecule has 0 saturated heterocycles. The summed E-state index contributed by atoms with van der Waals surface area (Å²) in [6.07, 6.45) is 1.01. The van der Waals surface area contributed by atoms with Gasteiger partial charge in [-0.05, 0) is 30.0 Å². The first-order valence-corrected chi connectivity index (χ1v) is 5.96. The van der Waals surface area contributed by atoms with Crippen molar-refractivity contribution >= 4 is 22.5 Å². The van der Waals surface area contributed by atoms with Gasteiger partial charge in [-0.15, -0.1) is 12.4 Å². The molecule has 0 aliphatic heterocycles. The Morgan fingerprint density at radius 1 is 1.27 bits per heavy atom. The molecule has 15 heavy (non-hydrogen) atoms. The summed E-state index contributed by atoms with van der Waals surface area (Å²) >= 11 is 0. The van der Waals surface area contributed by atoms with E-state index in [0.29, 0.717) is 5.92 Å². The number of hydrogen-bond donors (Lipinski definition) is 1. The summed E-state index contributed by atoms with van der Waals surface area (Å²) in [5.74, 6) is 0.408. The molecular weight excluding hydrogens is 236 g/mol. The van der Waals surface area contributed by atoms with Crippen LogP contribution in [0.25, 0.3) is 0 Å². The smallest absolute Gasteiger partial charge is 0.282 e. The van der Waals surface area contributed by atoms with Crippen LogP contribution < -0.4 is 0 Å². The molecule has 0 fully saturated rings. The third-order valence-corrected chi connectivity index (χ3v) is 3.23. The predicted octanol–water partition coefficient (Wildman–Crippen LogP) is 2.87. The average Bonchev–Trinajstić information content (AvgIpc) is 2.15. The first-order valence-electron chi connectivity index (χ1n) is 4.52. The molecule has 1 atom stereocenters. The summed E-state index contributed by atoms with van der Waals surface area (Å²) in [4.78, 5) is -0.0513. The van der Waals surface area contributed by atoms with Gasteiger partial charge in [0.1, 0.15) is 0 Å². The van der Waals surface area contributed by atoms with Gasteiger partial charge in [0, 0.05) is 0 Å². The number of rotatable bonds is 3. The molecule has 0 aromatic heterocycles. The SMILES string of the molecule is CCC(C)c1ccc(S(=O)(=O)O)cc1.Cl. The van der Waals surface area contributed by atoms with Crippen molar-refractivity contribution in [2.24, 2.45) is 0 Å². The van der Waals surface area contributed by atoms with E-state index in [2.05, 4.69) is 13.8 Å². The fourth-order valence-corrected chi connectivity index (χ4v) is 1.68. The highest BCUT2D eigenvalue weighted by molar-refractivity contribution is 7.85. The van der Waals surface area contributed by atoms with E-state index in [9.17, 15) is 8.42 Å². The zero-order chi connectivity index (χ0) is 10.8. The molecule has 1 rings (SSSR count). The number of hydrogen-bond acceptors (Lipinski definition) is 2. The summed E-state index contributed by atoms with van der Waals surface area (Å²) in [6, 6.07) is 6.32. The maximum absolute atomic E-state index is 10.7. The highest BCUT2D eigenvalue weighted by Gasteiger charge is 2.09. The fraction of sp³-hybridized carbons (Fsp3) is 0.400. The molecule has 0 heterocycles. The van der Waals surface area contributed by atoms with Crippen molar-refractivity contribution in [3.63, 3.8) is 0 Å². The first kappa shape index (κ1) is 14.4. The Labute approximate surface area is 96.7 Å². The topological polar surface area (TPSA) is 54.4 Å². The Balaban J connectivity index is 0.00000196. The van der Waals surface area contributed by atoms with E-state index in [1.165, 1.54) is 12.1 Å². The minimum absolute atomic E-state index is 0. The van der Waals surface area contributed by atoms with Gasteiger partial charge in [-0.1, -0.05) is 26.0 Å². The molecule has 1 aromatic rings. The van der Waals surface area contributed by atoms with E-state index in [-0.39, 0.29) is 17.3 Å². The Morgan fingerprint density at radius 3 is 2.07 bits per heavy atom. The van der Waals surface area contributed by atoms with Crippen molar-refractivity contribution in [2.45, 2.75) is 31.1 Å². The van der Waals surface area contributed by atoms with E-state index in [1.807, 2.05) is 0 Å². The van der Waals surface area contributed by atoms with Crippen molar-refractivity contribution in [1.82, 2.24) is 0 Å². The summed E-state index contributed by atoms with van der Waals surface area (Å²) in [7, 11) is -4.05. The zero-order valence-electron chi connectivity index (χ0n) is 8.67. The van der Waals surface area contributed by atoms with Gasteiger partial charge in [0.15, 0.2) is 0 Å². The van der Waals surface area contributed by atoms with E-state index >= 15 is 0 Å². The van der Waals surface area contributed by atoms with Gasteiger partial charge in [0.2, 0.25) is 0 Å². The number of halogens is 1. The van der Waals surface area contributed by atoms with Gasteiger partial charge in [-0.25, -0.2) is 0 Å². The summed E-state index contributed by atoms with van der Waals surface area (Å²) in [6.45, 7) is 4.14. The van der Waals surface area contributed by atoms with Gasteiger partial charge in [-0.2, -0.15) is 8.42 Å². The van der Waals surface area contributed by atoms with E-state index in [0.717, 1.165) is 12.0 Å². The highest BCUT2D eigenvalue weighted by atomic mass is 35.5. The maximum atomic E-state index is 10.7. The van der Waals surface area contributed by atoms with Crippen LogP contribution in [0.3, 0.4) is 0 Å². The lowest BCUT2D eigenvalue weighted by Crippen LogP contribution is -1.98. The lowest BCUT2D eigenvalue weighted by Gasteiger charge is -2.08. The molecule has 3 nitrogen and oxygen atoms in total. The van der Waals surface area contributed by atoms with E-state index in [1.54, 1.807) is 12.1 Å². The lowest BCUT2D eigenvalue weighted by atomic mass is 9.99. The summed E-state index contributed by atoms with van der Waals surface area (Å²) < 4.78 is 30.2. The first-order chi connectivity index (χ1) is 6.45. The Kier molecular flexibility index (Phi) is 5.28. The molecule has 0 aliphatic carbocycles. The lowest BCUT2D eigenvalue weighted by molar-refractivity contribution is 0.483. The average molecular weight is 251 g/mol. The molecule has 1 aromatic carbocycles. The van der Waals surface area contributed by atoms with Crippen LogP contribution in [-0.4, -0.2) is 13.0 Å². The van der Waals surface area contributed by atoms with Gasteiger partial charge >= 0.3 is 0 Å².